The molecule has 3 N–H and O–H groups in total. The van der Waals surface area contributed by atoms with Gasteiger partial charge in [0.1, 0.15) is 0 Å². The second kappa shape index (κ2) is 4.86. The predicted molar refractivity (Wildman–Crippen MR) is 67.7 cm³/mol. The van der Waals surface area contributed by atoms with Crippen molar-refractivity contribution in [1.29, 1.82) is 0 Å². The van der Waals surface area contributed by atoms with E-state index in [-0.39, 0.29) is 12.7 Å². The van der Waals surface area contributed by atoms with Gasteiger partial charge < -0.3 is 20.5 Å². The number of nitrogens with one attached hydrogen (secondary N) is 1. The molecule has 1 heterocycles. The zero-order chi connectivity index (χ0) is 13.2. The Hall–Kier alpha value is -1.75. The van der Waals surface area contributed by atoms with E-state index in [0.717, 1.165) is 11.3 Å². The number of carbonyl (C=O) groups excluding carboxylic acids is 1. The van der Waals surface area contributed by atoms with E-state index < -0.39 is 5.41 Å². The SMILES string of the molecule is CC(C)(C(=O)NCCN)c1ccc2c(c1)OCO2. The van der Waals surface area contributed by atoms with Gasteiger partial charge in [0.05, 0.1) is 5.41 Å². The van der Waals surface area contributed by atoms with Gasteiger partial charge in [-0.2, -0.15) is 0 Å². The second-order valence-electron chi connectivity index (χ2n) is 4.74. The first kappa shape index (κ1) is 12.7. The van der Waals surface area contributed by atoms with Gasteiger partial charge in [0.25, 0.3) is 0 Å². The summed E-state index contributed by atoms with van der Waals surface area (Å²) in [6.07, 6.45) is 0. The molecule has 0 atom stereocenters. The Morgan fingerprint density at radius 2 is 2.11 bits per heavy atom. The minimum atomic E-state index is -0.629. The maximum absolute atomic E-state index is 12.1. The minimum Gasteiger partial charge on any atom is -0.454 e. The quantitative estimate of drug-likeness (QED) is 0.827. The van der Waals surface area contributed by atoms with Gasteiger partial charge in [-0.05, 0) is 31.5 Å². The normalized spacial score (nSPS) is 13.5. The van der Waals surface area contributed by atoms with Crippen LogP contribution in [0.2, 0.25) is 0 Å². The molecule has 0 spiro atoms. The maximum Gasteiger partial charge on any atom is 0.231 e. The molecule has 1 aliphatic rings. The van der Waals surface area contributed by atoms with Crippen molar-refractivity contribution in [1.82, 2.24) is 5.32 Å². The third-order valence-corrected chi connectivity index (χ3v) is 3.09. The van der Waals surface area contributed by atoms with Gasteiger partial charge in [-0.3, -0.25) is 4.79 Å². The van der Waals surface area contributed by atoms with E-state index in [4.69, 9.17) is 15.2 Å². The molecule has 0 bridgehead atoms. The lowest BCUT2D eigenvalue weighted by atomic mass is 9.83. The first-order valence-electron chi connectivity index (χ1n) is 5.94. The van der Waals surface area contributed by atoms with Crippen molar-refractivity contribution in [2.75, 3.05) is 19.9 Å². The number of benzene rings is 1. The van der Waals surface area contributed by atoms with Crippen LogP contribution in [0.3, 0.4) is 0 Å². The summed E-state index contributed by atoms with van der Waals surface area (Å²) >= 11 is 0. The summed E-state index contributed by atoms with van der Waals surface area (Å²) in [5.74, 6) is 1.36. The fourth-order valence-corrected chi connectivity index (χ4v) is 1.82. The molecule has 1 aromatic rings. The van der Waals surface area contributed by atoms with Crippen molar-refractivity contribution < 1.29 is 14.3 Å². The molecule has 0 radical (unpaired) electrons. The van der Waals surface area contributed by atoms with Gasteiger partial charge in [0.2, 0.25) is 12.7 Å². The Balaban J connectivity index is 2.21. The highest BCUT2D eigenvalue weighted by Gasteiger charge is 2.31. The van der Waals surface area contributed by atoms with Gasteiger partial charge in [-0.1, -0.05) is 6.07 Å². The number of nitrogens with two attached hydrogens (primary N) is 1. The molecule has 1 aromatic carbocycles. The summed E-state index contributed by atoms with van der Waals surface area (Å²) in [5, 5.41) is 2.80. The highest BCUT2D eigenvalue weighted by atomic mass is 16.7. The average molecular weight is 250 g/mol. The van der Waals surface area contributed by atoms with Gasteiger partial charge in [-0.15, -0.1) is 0 Å². The van der Waals surface area contributed by atoms with E-state index in [1.165, 1.54) is 0 Å². The monoisotopic (exact) mass is 250 g/mol. The zero-order valence-electron chi connectivity index (χ0n) is 10.7. The van der Waals surface area contributed by atoms with Crippen molar-refractivity contribution in [3.05, 3.63) is 23.8 Å². The van der Waals surface area contributed by atoms with Gasteiger partial charge in [0.15, 0.2) is 11.5 Å². The lowest BCUT2D eigenvalue weighted by Crippen LogP contribution is -2.42. The van der Waals surface area contributed by atoms with E-state index in [9.17, 15) is 4.79 Å². The average Bonchev–Trinajstić information content (AvgIpc) is 2.82. The van der Waals surface area contributed by atoms with Crippen molar-refractivity contribution in [2.24, 2.45) is 5.73 Å². The molecular formula is C13H18N2O3. The number of hydrogen-bond donors (Lipinski definition) is 2. The summed E-state index contributed by atoms with van der Waals surface area (Å²) < 4.78 is 10.6. The molecule has 1 amide bonds. The third kappa shape index (κ3) is 2.26. The zero-order valence-corrected chi connectivity index (χ0v) is 10.7. The molecule has 18 heavy (non-hydrogen) atoms. The maximum atomic E-state index is 12.1. The highest BCUT2D eigenvalue weighted by Crippen LogP contribution is 2.36. The van der Waals surface area contributed by atoms with E-state index >= 15 is 0 Å². The number of ether oxygens (including phenoxy) is 2. The van der Waals surface area contributed by atoms with Crippen LogP contribution in [0.4, 0.5) is 0 Å². The standard InChI is InChI=1S/C13H18N2O3/c1-13(2,12(16)15-6-5-14)9-3-4-10-11(7-9)18-8-17-10/h3-4,7H,5-6,8,14H2,1-2H3,(H,15,16). The Bertz CT molecular complexity index is 458. The molecule has 0 unspecified atom stereocenters. The van der Waals surface area contributed by atoms with Gasteiger partial charge in [0, 0.05) is 13.1 Å². The number of amides is 1. The molecule has 0 saturated carbocycles. The van der Waals surface area contributed by atoms with Gasteiger partial charge in [-0.25, -0.2) is 0 Å². The summed E-state index contributed by atoms with van der Waals surface area (Å²) in [4.78, 5) is 12.1. The molecule has 2 rings (SSSR count). The van der Waals surface area contributed by atoms with Crippen LogP contribution in [0.5, 0.6) is 11.5 Å². The minimum absolute atomic E-state index is 0.0492. The van der Waals surface area contributed by atoms with Crippen LogP contribution in [0, 0.1) is 0 Å². The Morgan fingerprint density at radius 3 is 2.83 bits per heavy atom. The third-order valence-electron chi connectivity index (χ3n) is 3.09. The molecular weight excluding hydrogens is 232 g/mol. The van der Waals surface area contributed by atoms with E-state index in [2.05, 4.69) is 5.32 Å². The largest absolute Gasteiger partial charge is 0.454 e. The fourth-order valence-electron chi connectivity index (χ4n) is 1.82. The topological polar surface area (TPSA) is 73.6 Å². The molecule has 0 saturated heterocycles. The summed E-state index contributed by atoms with van der Waals surface area (Å²) in [6, 6.07) is 5.57. The Morgan fingerprint density at radius 1 is 1.39 bits per heavy atom. The molecule has 0 aliphatic carbocycles. The van der Waals surface area contributed by atoms with E-state index in [1.54, 1.807) is 0 Å². The van der Waals surface area contributed by atoms with Crippen LogP contribution in [0.1, 0.15) is 19.4 Å². The highest BCUT2D eigenvalue weighted by molar-refractivity contribution is 5.87. The van der Waals surface area contributed by atoms with E-state index in [0.29, 0.717) is 18.8 Å². The first-order chi connectivity index (χ1) is 8.55. The molecule has 98 valence electrons. The number of hydrogen-bond acceptors (Lipinski definition) is 4. The van der Waals surface area contributed by atoms with Crippen LogP contribution in [-0.2, 0) is 10.2 Å². The van der Waals surface area contributed by atoms with Crippen LogP contribution >= 0.6 is 0 Å². The van der Waals surface area contributed by atoms with Crippen molar-refractivity contribution in [3.8, 4) is 11.5 Å². The fraction of sp³-hybridized carbons (Fsp3) is 0.462. The van der Waals surface area contributed by atoms with Crippen LogP contribution < -0.4 is 20.5 Å². The van der Waals surface area contributed by atoms with Gasteiger partial charge >= 0.3 is 0 Å². The molecule has 1 aliphatic heterocycles. The number of fused-ring (bicyclic) bond motifs is 1. The predicted octanol–water partition coefficient (Wildman–Crippen LogP) is 0.768. The molecule has 5 nitrogen and oxygen atoms in total. The Kier molecular flexibility index (Phi) is 3.43. The smallest absolute Gasteiger partial charge is 0.231 e. The first-order valence-corrected chi connectivity index (χ1v) is 5.94. The lowest BCUT2D eigenvalue weighted by Gasteiger charge is -2.24. The summed E-state index contributed by atoms with van der Waals surface area (Å²) in [5.41, 5.74) is 5.64. The number of rotatable bonds is 4. The molecule has 0 aromatic heterocycles. The lowest BCUT2D eigenvalue weighted by molar-refractivity contribution is -0.125. The van der Waals surface area contributed by atoms with Crippen molar-refractivity contribution >= 4 is 5.91 Å². The van der Waals surface area contributed by atoms with E-state index in [1.807, 2.05) is 32.0 Å². The van der Waals surface area contributed by atoms with Crippen LogP contribution in [-0.4, -0.2) is 25.8 Å². The molecule has 0 fully saturated rings. The van der Waals surface area contributed by atoms with Crippen molar-refractivity contribution in [3.63, 3.8) is 0 Å². The van der Waals surface area contributed by atoms with Crippen molar-refractivity contribution in [2.45, 2.75) is 19.3 Å². The number of carbonyl (C=O) groups is 1. The van der Waals surface area contributed by atoms with Crippen LogP contribution in [0.15, 0.2) is 18.2 Å². The summed E-state index contributed by atoms with van der Waals surface area (Å²) in [6.45, 7) is 4.89. The molecule has 5 heteroatoms. The second-order valence-corrected chi connectivity index (χ2v) is 4.74. The van der Waals surface area contributed by atoms with Crippen LogP contribution in [0.25, 0.3) is 0 Å². The Labute approximate surface area is 106 Å². The summed E-state index contributed by atoms with van der Waals surface area (Å²) in [7, 11) is 0.